The van der Waals surface area contributed by atoms with Gasteiger partial charge in [0.05, 0.1) is 0 Å². The number of hydrogen-bond donors (Lipinski definition) is 1. The minimum atomic E-state index is -0.160. The fraction of sp³-hybridized carbons (Fsp3) is 0.250. The molecule has 0 aliphatic heterocycles. The summed E-state index contributed by atoms with van der Waals surface area (Å²) < 4.78 is 12.7. The van der Waals surface area contributed by atoms with Crippen LogP contribution in [0.25, 0.3) is 0 Å². The molecular formula is C8H10FN. The van der Waals surface area contributed by atoms with Crippen molar-refractivity contribution >= 4 is 5.69 Å². The molecule has 0 aromatic heterocycles. The molecule has 1 N–H and O–H groups in total. The highest BCUT2D eigenvalue weighted by Gasteiger charge is 1.98. The Kier molecular flexibility index (Phi) is 1.90. The van der Waals surface area contributed by atoms with E-state index in [4.69, 9.17) is 0 Å². The van der Waals surface area contributed by atoms with Gasteiger partial charge in [0.15, 0.2) is 0 Å². The summed E-state index contributed by atoms with van der Waals surface area (Å²) in [5.41, 5.74) is 1.52. The van der Waals surface area contributed by atoms with Gasteiger partial charge in [0.25, 0.3) is 0 Å². The van der Waals surface area contributed by atoms with Crippen LogP contribution in [0.2, 0.25) is 0 Å². The minimum absolute atomic E-state index is 0.160. The molecule has 0 fully saturated rings. The Labute approximate surface area is 59.9 Å². The number of benzene rings is 1. The molecule has 0 amide bonds. The maximum Gasteiger partial charge on any atom is 0.128 e. The second-order valence-electron chi connectivity index (χ2n) is 2.16. The SMILES string of the molecule is CNc1cccc(F)c1C. The Morgan fingerprint density at radius 2 is 2.10 bits per heavy atom. The number of hydrogen-bond acceptors (Lipinski definition) is 1. The lowest BCUT2D eigenvalue weighted by Gasteiger charge is -2.03. The lowest BCUT2D eigenvalue weighted by Crippen LogP contribution is -1.92. The molecular weight excluding hydrogens is 129 g/mol. The summed E-state index contributed by atoms with van der Waals surface area (Å²) in [4.78, 5) is 0. The van der Waals surface area contributed by atoms with E-state index in [1.54, 1.807) is 20.0 Å². The molecule has 0 aliphatic carbocycles. The summed E-state index contributed by atoms with van der Waals surface area (Å²) >= 11 is 0. The fourth-order valence-electron chi connectivity index (χ4n) is 0.878. The molecule has 0 atom stereocenters. The summed E-state index contributed by atoms with van der Waals surface area (Å²) in [6.07, 6.45) is 0. The molecule has 0 spiro atoms. The summed E-state index contributed by atoms with van der Waals surface area (Å²) in [6, 6.07) is 4.99. The van der Waals surface area contributed by atoms with Crippen LogP contribution in [0.15, 0.2) is 18.2 Å². The molecule has 1 aromatic rings. The van der Waals surface area contributed by atoms with Gasteiger partial charge in [-0.05, 0) is 19.1 Å². The quantitative estimate of drug-likeness (QED) is 0.628. The van der Waals surface area contributed by atoms with E-state index in [1.807, 2.05) is 6.07 Å². The summed E-state index contributed by atoms with van der Waals surface area (Å²) in [5.74, 6) is -0.160. The van der Waals surface area contributed by atoms with E-state index in [0.717, 1.165) is 5.69 Å². The van der Waals surface area contributed by atoms with Crippen molar-refractivity contribution in [3.63, 3.8) is 0 Å². The van der Waals surface area contributed by atoms with Crippen LogP contribution in [-0.2, 0) is 0 Å². The summed E-state index contributed by atoms with van der Waals surface area (Å²) in [7, 11) is 1.78. The van der Waals surface area contributed by atoms with Gasteiger partial charge in [-0.1, -0.05) is 6.07 Å². The second-order valence-corrected chi connectivity index (χ2v) is 2.16. The van der Waals surface area contributed by atoms with Crippen molar-refractivity contribution in [1.29, 1.82) is 0 Å². The van der Waals surface area contributed by atoms with E-state index in [0.29, 0.717) is 5.56 Å². The van der Waals surface area contributed by atoms with Crippen LogP contribution in [0, 0.1) is 12.7 Å². The van der Waals surface area contributed by atoms with Crippen molar-refractivity contribution in [2.45, 2.75) is 6.92 Å². The van der Waals surface area contributed by atoms with E-state index in [9.17, 15) is 4.39 Å². The van der Waals surface area contributed by atoms with Gasteiger partial charge in [-0.15, -0.1) is 0 Å². The van der Waals surface area contributed by atoms with Crippen LogP contribution in [0.4, 0.5) is 10.1 Å². The molecule has 0 aliphatic rings. The first-order valence-electron chi connectivity index (χ1n) is 3.18. The van der Waals surface area contributed by atoms with Crippen LogP contribution in [-0.4, -0.2) is 7.05 Å². The zero-order chi connectivity index (χ0) is 7.56. The summed E-state index contributed by atoms with van der Waals surface area (Å²) in [6.45, 7) is 1.75. The van der Waals surface area contributed by atoms with Crippen molar-refractivity contribution in [3.05, 3.63) is 29.6 Å². The van der Waals surface area contributed by atoms with Gasteiger partial charge in [-0.2, -0.15) is 0 Å². The molecule has 0 bridgehead atoms. The van der Waals surface area contributed by atoms with Gasteiger partial charge in [0.2, 0.25) is 0 Å². The molecule has 0 heterocycles. The fourth-order valence-corrected chi connectivity index (χ4v) is 0.878. The predicted octanol–water partition coefficient (Wildman–Crippen LogP) is 2.18. The first-order valence-corrected chi connectivity index (χ1v) is 3.18. The Bertz CT molecular complexity index is 233. The summed E-state index contributed by atoms with van der Waals surface area (Å²) in [5, 5.41) is 2.90. The molecule has 0 saturated heterocycles. The standard InChI is InChI=1S/C8H10FN/c1-6-7(9)4-3-5-8(6)10-2/h3-5,10H,1-2H3. The maximum absolute atomic E-state index is 12.7. The number of nitrogens with one attached hydrogen (secondary N) is 1. The van der Waals surface area contributed by atoms with E-state index in [-0.39, 0.29) is 5.82 Å². The minimum Gasteiger partial charge on any atom is -0.388 e. The average Bonchev–Trinajstić information content (AvgIpc) is 1.95. The van der Waals surface area contributed by atoms with E-state index in [1.165, 1.54) is 6.07 Å². The van der Waals surface area contributed by atoms with Crippen LogP contribution in [0.3, 0.4) is 0 Å². The molecule has 0 saturated carbocycles. The third kappa shape index (κ3) is 1.10. The van der Waals surface area contributed by atoms with Crippen molar-refractivity contribution in [3.8, 4) is 0 Å². The van der Waals surface area contributed by atoms with E-state index in [2.05, 4.69) is 5.32 Å². The molecule has 2 heteroatoms. The first kappa shape index (κ1) is 7.06. The van der Waals surface area contributed by atoms with Gasteiger partial charge in [-0.25, -0.2) is 4.39 Å². The first-order chi connectivity index (χ1) is 4.75. The highest BCUT2D eigenvalue weighted by atomic mass is 19.1. The lowest BCUT2D eigenvalue weighted by atomic mass is 10.2. The molecule has 54 valence electrons. The molecule has 1 rings (SSSR count). The van der Waals surface area contributed by atoms with E-state index < -0.39 is 0 Å². The zero-order valence-corrected chi connectivity index (χ0v) is 6.11. The average molecular weight is 139 g/mol. The predicted molar refractivity (Wildman–Crippen MR) is 40.7 cm³/mol. The van der Waals surface area contributed by atoms with Gasteiger partial charge in [0.1, 0.15) is 5.82 Å². The Hall–Kier alpha value is -1.05. The van der Waals surface area contributed by atoms with Crippen LogP contribution < -0.4 is 5.32 Å². The Balaban J connectivity index is 3.14. The number of rotatable bonds is 1. The lowest BCUT2D eigenvalue weighted by molar-refractivity contribution is 0.619. The van der Waals surface area contributed by atoms with E-state index >= 15 is 0 Å². The molecule has 0 radical (unpaired) electrons. The van der Waals surface area contributed by atoms with Crippen LogP contribution in [0.1, 0.15) is 5.56 Å². The zero-order valence-electron chi connectivity index (χ0n) is 6.11. The number of anilines is 1. The highest BCUT2D eigenvalue weighted by Crippen LogP contribution is 2.15. The van der Waals surface area contributed by atoms with Crippen molar-refractivity contribution in [2.75, 3.05) is 12.4 Å². The third-order valence-corrected chi connectivity index (χ3v) is 1.54. The largest absolute Gasteiger partial charge is 0.388 e. The molecule has 1 aromatic carbocycles. The monoisotopic (exact) mass is 139 g/mol. The van der Waals surface area contributed by atoms with Crippen LogP contribution in [0.5, 0.6) is 0 Å². The van der Waals surface area contributed by atoms with Gasteiger partial charge in [-0.3, -0.25) is 0 Å². The van der Waals surface area contributed by atoms with Gasteiger partial charge < -0.3 is 5.32 Å². The molecule has 0 unspecified atom stereocenters. The van der Waals surface area contributed by atoms with Gasteiger partial charge >= 0.3 is 0 Å². The van der Waals surface area contributed by atoms with Crippen molar-refractivity contribution in [2.24, 2.45) is 0 Å². The molecule has 10 heavy (non-hydrogen) atoms. The second kappa shape index (κ2) is 2.69. The molecule has 1 nitrogen and oxygen atoms in total. The highest BCUT2D eigenvalue weighted by molar-refractivity contribution is 5.50. The topological polar surface area (TPSA) is 12.0 Å². The Morgan fingerprint density at radius 3 is 2.60 bits per heavy atom. The number of halogens is 1. The van der Waals surface area contributed by atoms with Gasteiger partial charge in [0, 0.05) is 18.3 Å². The Morgan fingerprint density at radius 1 is 1.40 bits per heavy atom. The van der Waals surface area contributed by atoms with Crippen LogP contribution >= 0.6 is 0 Å². The smallest absolute Gasteiger partial charge is 0.128 e. The normalized spacial score (nSPS) is 9.50. The maximum atomic E-state index is 12.7. The van der Waals surface area contributed by atoms with Crippen molar-refractivity contribution in [1.82, 2.24) is 0 Å². The third-order valence-electron chi connectivity index (χ3n) is 1.54. The van der Waals surface area contributed by atoms with Crippen molar-refractivity contribution < 1.29 is 4.39 Å².